The summed E-state index contributed by atoms with van der Waals surface area (Å²) >= 11 is 5.82. The van der Waals surface area contributed by atoms with Crippen LogP contribution in [0.2, 0.25) is 5.02 Å². The van der Waals surface area contributed by atoms with Crippen LogP contribution >= 0.6 is 11.6 Å². The topological polar surface area (TPSA) is 29.1 Å². The van der Waals surface area contributed by atoms with Gasteiger partial charge < -0.3 is 5.32 Å². The predicted octanol–water partition coefficient (Wildman–Crippen LogP) is 5.16. The van der Waals surface area contributed by atoms with Gasteiger partial charge in [-0.2, -0.15) is 0 Å². The van der Waals surface area contributed by atoms with Gasteiger partial charge in [0.15, 0.2) is 5.78 Å². The first-order chi connectivity index (χ1) is 9.95. The molecule has 21 heavy (non-hydrogen) atoms. The van der Waals surface area contributed by atoms with E-state index in [2.05, 4.69) is 18.3 Å². The fourth-order valence-electron chi connectivity index (χ4n) is 2.10. The van der Waals surface area contributed by atoms with E-state index >= 15 is 0 Å². The van der Waals surface area contributed by atoms with Gasteiger partial charge in [0.2, 0.25) is 0 Å². The summed E-state index contributed by atoms with van der Waals surface area (Å²) in [5, 5.41) is 3.89. The molecule has 2 aromatic rings. The Hall–Kier alpha value is -2.06. The number of anilines is 1. The number of halogens is 1. The minimum Gasteiger partial charge on any atom is -0.359 e. The number of hydrogen-bond acceptors (Lipinski definition) is 2. The van der Waals surface area contributed by atoms with E-state index in [0.29, 0.717) is 10.6 Å². The lowest BCUT2D eigenvalue weighted by Crippen LogP contribution is -2.02. The van der Waals surface area contributed by atoms with E-state index in [4.69, 9.17) is 11.6 Å². The van der Waals surface area contributed by atoms with Gasteiger partial charge in [-0.15, -0.1) is 0 Å². The molecular formula is C18H18ClNO. The van der Waals surface area contributed by atoms with Crippen LogP contribution in [0.5, 0.6) is 0 Å². The Bertz CT molecular complexity index is 687. The second-order valence-corrected chi connectivity index (χ2v) is 5.58. The average Bonchev–Trinajstić information content (AvgIpc) is 2.42. The summed E-state index contributed by atoms with van der Waals surface area (Å²) in [6.07, 6.45) is 1.60. The van der Waals surface area contributed by atoms with Crippen LogP contribution in [0.25, 0.3) is 0 Å². The summed E-state index contributed by atoms with van der Waals surface area (Å²) in [4.78, 5) is 12.1. The van der Waals surface area contributed by atoms with Crippen LogP contribution in [0.15, 0.2) is 54.2 Å². The molecule has 0 aliphatic heterocycles. The molecule has 2 rings (SSSR count). The minimum atomic E-state index is -0.0403. The van der Waals surface area contributed by atoms with Crippen molar-refractivity contribution in [2.24, 2.45) is 0 Å². The van der Waals surface area contributed by atoms with Gasteiger partial charge in [-0.25, -0.2) is 0 Å². The van der Waals surface area contributed by atoms with Crippen molar-refractivity contribution in [1.82, 2.24) is 0 Å². The fourth-order valence-corrected chi connectivity index (χ4v) is 2.22. The van der Waals surface area contributed by atoms with Crippen LogP contribution in [0, 0.1) is 13.8 Å². The zero-order chi connectivity index (χ0) is 15.4. The summed E-state index contributed by atoms with van der Waals surface area (Å²) < 4.78 is 0. The van der Waals surface area contributed by atoms with Crippen LogP contribution in [0.1, 0.15) is 28.4 Å². The van der Waals surface area contributed by atoms with Crippen LogP contribution in [-0.4, -0.2) is 5.78 Å². The van der Waals surface area contributed by atoms with Crippen molar-refractivity contribution in [2.75, 3.05) is 5.32 Å². The number of ketones is 1. The highest BCUT2D eigenvalue weighted by Gasteiger charge is 2.04. The van der Waals surface area contributed by atoms with E-state index in [-0.39, 0.29) is 5.78 Å². The first kappa shape index (κ1) is 15.3. The Morgan fingerprint density at radius 3 is 2.38 bits per heavy atom. The van der Waals surface area contributed by atoms with E-state index in [1.807, 2.05) is 26.0 Å². The number of aryl methyl sites for hydroxylation is 2. The molecule has 0 bridgehead atoms. The van der Waals surface area contributed by atoms with Crippen molar-refractivity contribution in [1.29, 1.82) is 0 Å². The molecule has 0 saturated heterocycles. The van der Waals surface area contributed by atoms with E-state index < -0.39 is 0 Å². The molecular weight excluding hydrogens is 282 g/mol. The highest BCUT2D eigenvalue weighted by atomic mass is 35.5. The van der Waals surface area contributed by atoms with Gasteiger partial charge in [0.05, 0.1) is 0 Å². The first-order valence-corrected chi connectivity index (χ1v) is 7.16. The van der Waals surface area contributed by atoms with E-state index in [9.17, 15) is 4.79 Å². The van der Waals surface area contributed by atoms with E-state index in [1.54, 1.807) is 30.3 Å². The Balaban J connectivity index is 2.13. The van der Waals surface area contributed by atoms with Gasteiger partial charge >= 0.3 is 0 Å². The van der Waals surface area contributed by atoms with Crippen molar-refractivity contribution in [3.8, 4) is 0 Å². The van der Waals surface area contributed by atoms with Gasteiger partial charge in [-0.1, -0.05) is 29.3 Å². The standard InChI is InChI=1S/C18H18ClNO/c1-12-4-9-17(13(2)10-12)20-14(3)11-18(21)15-5-7-16(19)8-6-15/h4-11,20H,1-3H3/b14-11+. The highest BCUT2D eigenvalue weighted by molar-refractivity contribution is 6.30. The van der Waals surface area contributed by atoms with Crippen LogP contribution in [-0.2, 0) is 0 Å². The zero-order valence-electron chi connectivity index (χ0n) is 12.4. The number of allylic oxidation sites excluding steroid dienone is 2. The summed E-state index contributed by atoms with van der Waals surface area (Å²) in [7, 11) is 0. The summed E-state index contributed by atoms with van der Waals surface area (Å²) in [5.41, 5.74) is 4.82. The fraction of sp³-hybridized carbons (Fsp3) is 0.167. The molecule has 3 heteroatoms. The van der Waals surface area contributed by atoms with Crippen molar-refractivity contribution in [3.05, 3.63) is 76.0 Å². The SMILES string of the molecule is C/C(=C\C(=O)c1ccc(Cl)cc1)Nc1ccc(C)cc1C. The second kappa shape index (κ2) is 6.59. The third kappa shape index (κ3) is 4.20. The highest BCUT2D eigenvalue weighted by Crippen LogP contribution is 2.18. The number of benzene rings is 2. The predicted molar refractivity (Wildman–Crippen MR) is 89.1 cm³/mol. The maximum atomic E-state index is 12.1. The Morgan fingerprint density at radius 1 is 1.10 bits per heavy atom. The lowest BCUT2D eigenvalue weighted by atomic mass is 10.1. The molecule has 2 aromatic carbocycles. The molecule has 0 aliphatic carbocycles. The summed E-state index contributed by atoms with van der Waals surface area (Å²) in [6.45, 7) is 5.99. The third-order valence-electron chi connectivity index (χ3n) is 3.19. The number of carbonyl (C=O) groups excluding carboxylic acids is 1. The Labute approximate surface area is 130 Å². The molecule has 2 nitrogen and oxygen atoms in total. The molecule has 108 valence electrons. The Kier molecular flexibility index (Phi) is 4.81. The zero-order valence-corrected chi connectivity index (χ0v) is 13.2. The first-order valence-electron chi connectivity index (χ1n) is 6.78. The summed E-state index contributed by atoms with van der Waals surface area (Å²) in [6, 6.07) is 13.1. The number of nitrogens with one attached hydrogen (secondary N) is 1. The third-order valence-corrected chi connectivity index (χ3v) is 3.44. The molecule has 0 atom stereocenters. The van der Waals surface area contributed by atoms with Gasteiger partial charge in [-0.3, -0.25) is 4.79 Å². The van der Waals surface area contributed by atoms with E-state index in [1.165, 1.54) is 5.56 Å². The lowest BCUT2D eigenvalue weighted by Gasteiger charge is -2.10. The Morgan fingerprint density at radius 2 is 1.76 bits per heavy atom. The van der Waals surface area contributed by atoms with Gasteiger partial charge in [-0.05, 0) is 56.7 Å². The van der Waals surface area contributed by atoms with E-state index in [0.717, 1.165) is 16.9 Å². The molecule has 0 radical (unpaired) electrons. The quantitative estimate of drug-likeness (QED) is 0.624. The smallest absolute Gasteiger partial charge is 0.187 e. The molecule has 0 fully saturated rings. The second-order valence-electron chi connectivity index (χ2n) is 5.14. The molecule has 0 aliphatic rings. The van der Waals surface area contributed by atoms with Crippen LogP contribution < -0.4 is 5.32 Å². The van der Waals surface area contributed by atoms with Crippen molar-refractivity contribution in [3.63, 3.8) is 0 Å². The van der Waals surface area contributed by atoms with Gasteiger partial charge in [0.1, 0.15) is 0 Å². The maximum Gasteiger partial charge on any atom is 0.187 e. The van der Waals surface area contributed by atoms with Crippen molar-refractivity contribution < 1.29 is 4.79 Å². The van der Waals surface area contributed by atoms with Crippen LogP contribution in [0.3, 0.4) is 0 Å². The molecule has 0 aromatic heterocycles. The molecule has 0 amide bonds. The lowest BCUT2D eigenvalue weighted by molar-refractivity contribution is 0.104. The molecule has 0 unspecified atom stereocenters. The van der Waals surface area contributed by atoms with Gasteiger partial charge in [0.25, 0.3) is 0 Å². The number of carbonyl (C=O) groups is 1. The van der Waals surface area contributed by atoms with Gasteiger partial charge in [0, 0.05) is 28.0 Å². The average molecular weight is 300 g/mol. The molecule has 0 heterocycles. The number of hydrogen-bond donors (Lipinski definition) is 1. The van der Waals surface area contributed by atoms with Crippen molar-refractivity contribution in [2.45, 2.75) is 20.8 Å². The molecule has 1 N–H and O–H groups in total. The van der Waals surface area contributed by atoms with Crippen LogP contribution in [0.4, 0.5) is 5.69 Å². The maximum absolute atomic E-state index is 12.1. The monoisotopic (exact) mass is 299 g/mol. The normalized spacial score (nSPS) is 11.3. The summed E-state index contributed by atoms with van der Waals surface area (Å²) in [5.74, 6) is -0.0403. The van der Waals surface area contributed by atoms with Crippen molar-refractivity contribution >= 4 is 23.1 Å². The minimum absolute atomic E-state index is 0.0403. The molecule has 0 saturated carbocycles. The molecule has 0 spiro atoms. The largest absolute Gasteiger partial charge is 0.359 e. The number of rotatable bonds is 4.